The van der Waals surface area contributed by atoms with Gasteiger partial charge < -0.3 is 34.2 Å². The standard InChI is InChI=1S/C5H14N.C3H9N.2ClH/c1-5-6(2,3)4;1-4(2)3;;/h5H2,1-4H3;1-3H3;2*1H/q+1;;;/p-1. The monoisotopic (exact) mass is 218 g/mol. The van der Waals surface area contributed by atoms with Crippen LogP contribution >= 0.6 is 0 Å². The van der Waals surface area contributed by atoms with Gasteiger partial charge in [-0.3, -0.25) is 0 Å². The van der Waals surface area contributed by atoms with Crippen molar-refractivity contribution in [3.05, 3.63) is 0 Å². The molecule has 80 valence electrons. The molecule has 0 saturated carbocycles. The van der Waals surface area contributed by atoms with E-state index in [2.05, 4.69) is 49.2 Å². The first-order valence-corrected chi connectivity index (χ1v) is 3.86. The SMILES string of the molecule is CC[N+](C)(C)C.C[NH+](C)C.[Cl-].[Cl-]. The van der Waals surface area contributed by atoms with Crippen LogP contribution in [0, 0.1) is 0 Å². The predicted molar refractivity (Wildman–Crippen MR) is 47.3 cm³/mol. The summed E-state index contributed by atoms with van der Waals surface area (Å²) in [5, 5.41) is 0. The number of hydrogen-bond donors (Lipinski definition) is 1. The molecule has 0 heterocycles. The molecule has 0 bridgehead atoms. The van der Waals surface area contributed by atoms with Gasteiger partial charge in [-0.2, -0.15) is 0 Å². The molecule has 0 aliphatic rings. The predicted octanol–water partition coefficient (Wildman–Crippen LogP) is -6.52. The molecule has 0 unspecified atom stereocenters. The first kappa shape index (κ1) is 22.9. The second-order valence-electron chi connectivity index (χ2n) is 4.11. The van der Waals surface area contributed by atoms with E-state index < -0.39 is 0 Å². The highest BCUT2D eigenvalue weighted by Crippen LogP contribution is 1.83. The molecule has 0 aromatic heterocycles. The molecule has 0 spiro atoms. The van der Waals surface area contributed by atoms with E-state index in [4.69, 9.17) is 0 Å². The number of quaternary nitrogens is 2. The Labute approximate surface area is 90.3 Å². The Morgan fingerprint density at radius 3 is 1.00 bits per heavy atom. The Bertz CT molecular complexity index is 67.2. The average Bonchev–Trinajstić information content (AvgIpc) is 1.63. The summed E-state index contributed by atoms with van der Waals surface area (Å²) in [5.41, 5.74) is 0. The first-order valence-electron chi connectivity index (χ1n) is 3.86. The normalized spacial score (nSPS) is 9.00. The van der Waals surface area contributed by atoms with Crippen LogP contribution in [-0.2, 0) is 0 Å². The van der Waals surface area contributed by atoms with Gasteiger partial charge in [0.2, 0.25) is 0 Å². The van der Waals surface area contributed by atoms with Crippen LogP contribution in [0.1, 0.15) is 6.92 Å². The lowest BCUT2D eigenvalue weighted by Gasteiger charge is -2.20. The maximum Gasteiger partial charge on any atom is 0.0751 e. The number of rotatable bonds is 1. The fourth-order valence-corrected chi connectivity index (χ4v) is 0. The fraction of sp³-hybridized carbons (Fsp3) is 1.00. The van der Waals surface area contributed by atoms with Gasteiger partial charge in [-0.25, -0.2) is 0 Å². The minimum Gasteiger partial charge on any atom is -1.00 e. The van der Waals surface area contributed by atoms with Crippen molar-refractivity contribution in [2.24, 2.45) is 0 Å². The second-order valence-corrected chi connectivity index (χ2v) is 4.11. The van der Waals surface area contributed by atoms with Gasteiger partial charge >= 0.3 is 0 Å². The summed E-state index contributed by atoms with van der Waals surface area (Å²) in [5.74, 6) is 0. The van der Waals surface area contributed by atoms with E-state index in [0.29, 0.717) is 0 Å². The number of halogens is 2. The summed E-state index contributed by atoms with van der Waals surface area (Å²) in [6.07, 6.45) is 0. The molecule has 0 saturated heterocycles. The van der Waals surface area contributed by atoms with Crippen molar-refractivity contribution in [2.75, 3.05) is 48.8 Å². The molecule has 2 nitrogen and oxygen atoms in total. The molecule has 0 rings (SSSR count). The summed E-state index contributed by atoms with van der Waals surface area (Å²) < 4.78 is 1.07. The maximum atomic E-state index is 2.18. The van der Waals surface area contributed by atoms with E-state index in [-0.39, 0.29) is 24.8 Å². The topological polar surface area (TPSA) is 4.44 Å². The Balaban J connectivity index is -0.0000000483. The number of nitrogens with one attached hydrogen (secondary N) is 1. The zero-order valence-corrected chi connectivity index (χ0v) is 10.9. The van der Waals surface area contributed by atoms with E-state index in [1.165, 1.54) is 11.4 Å². The highest BCUT2D eigenvalue weighted by Gasteiger charge is 1.97. The third kappa shape index (κ3) is 77.4. The Hall–Kier alpha value is 0.500. The van der Waals surface area contributed by atoms with Gasteiger partial charge in [-0.05, 0) is 6.92 Å². The van der Waals surface area contributed by atoms with Crippen molar-refractivity contribution < 1.29 is 34.2 Å². The highest BCUT2D eigenvalue weighted by atomic mass is 35.5. The summed E-state index contributed by atoms with van der Waals surface area (Å²) in [7, 11) is 12.8. The van der Waals surface area contributed by atoms with E-state index >= 15 is 0 Å². The van der Waals surface area contributed by atoms with Crippen LogP contribution in [0.4, 0.5) is 0 Å². The lowest BCUT2D eigenvalue weighted by Crippen LogP contribution is -3.02. The maximum absolute atomic E-state index is 2.18. The molecule has 12 heavy (non-hydrogen) atoms. The van der Waals surface area contributed by atoms with Gasteiger partial charge in [0.1, 0.15) is 0 Å². The van der Waals surface area contributed by atoms with Gasteiger partial charge in [-0.1, -0.05) is 0 Å². The van der Waals surface area contributed by atoms with E-state index in [1.54, 1.807) is 0 Å². The van der Waals surface area contributed by atoms with Gasteiger partial charge in [0, 0.05) is 0 Å². The van der Waals surface area contributed by atoms with Crippen molar-refractivity contribution >= 4 is 0 Å². The van der Waals surface area contributed by atoms with E-state index in [1.807, 2.05) is 0 Å². The van der Waals surface area contributed by atoms with Crippen LogP contribution in [0.2, 0.25) is 0 Å². The summed E-state index contributed by atoms with van der Waals surface area (Å²) in [4.78, 5) is 1.42. The average molecular weight is 219 g/mol. The van der Waals surface area contributed by atoms with Crippen molar-refractivity contribution in [3.8, 4) is 0 Å². The Morgan fingerprint density at radius 2 is 1.00 bits per heavy atom. The molecule has 0 aromatic carbocycles. The second kappa shape index (κ2) is 11.5. The van der Waals surface area contributed by atoms with Crippen LogP contribution in [-0.4, -0.2) is 53.3 Å². The van der Waals surface area contributed by atoms with Gasteiger partial charge in [0.05, 0.1) is 48.8 Å². The summed E-state index contributed by atoms with van der Waals surface area (Å²) in [6, 6.07) is 0. The molecule has 0 aliphatic heterocycles. The highest BCUT2D eigenvalue weighted by molar-refractivity contribution is 4.06. The van der Waals surface area contributed by atoms with Crippen LogP contribution < -0.4 is 29.7 Å². The van der Waals surface area contributed by atoms with Crippen LogP contribution in [0.25, 0.3) is 0 Å². The van der Waals surface area contributed by atoms with Crippen molar-refractivity contribution in [3.63, 3.8) is 0 Å². The molecule has 0 amide bonds. The van der Waals surface area contributed by atoms with Crippen LogP contribution in [0.5, 0.6) is 0 Å². The molecule has 0 radical (unpaired) electrons. The number of nitrogens with zero attached hydrogens (tertiary/aromatic N) is 1. The summed E-state index contributed by atoms with van der Waals surface area (Å²) in [6.45, 7) is 3.39. The molecule has 0 aromatic rings. The van der Waals surface area contributed by atoms with Crippen LogP contribution in [0.3, 0.4) is 0 Å². The zero-order valence-electron chi connectivity index (χ0n) is 9.41. The molecule has 0 aliphatic carbocycles. The molecular formula is C8H24Cl2N2. The van der Waals surface area contributed by atoms with E-state index in [9.17, 15) is 0 Å². The van der Waals surface area contributed by atoms with Gasteiger partial charge in [-0.15, -0.1) is 0 Å². The molecule has 0 fully saturated rings. The third-order valence-corrected chi connectivity index (χ3v) is 0.949. The number of hydrogen-bond acceptors (Lipinski definition) is 0. The van der Waals surface area contributed by atoms with Crippen LogP contribution in [0.15, 0.2) is 0 Å². The quantitative estimate of drug-likeness (QED) is 0.418. The minimum atomic E-state index is 0. The molecule has 1 N–H and O–H groups in total. The molecule has 0 atom stereocenters. The lowest BCUT2D eigenvalue weighted by atomic mass is 10.6. The Morgan fingerprint density at radius 1 is 0.917 bits per heavy atom. The van der Waals surface area contributed by atoms with Crippen molar-refractivity contribution in [2.45, 2.75) is 6.92 Å². The first-order chi connectivity index (χ1) is 4.29. The Kier molecular flexibility index (Phi) is 21.9. The largest absolute Gasteiger partial charge is 1.00 e. The summed E-state index contributed by atoms with van der Waals surface area (Å²) >= 11 is 0. The van der Waals surface area contributed by atoms with Gasteiger partial charge in [0.15, 0.2) is 0 Å². The zero-order chi connectivity index (χ0) is 8.78. The van der Waals surface area contributed by atoms with Crippen molar-refractivity contribution in [1.82, 2.24) is 0 Å². The van der Waals surface area contributed by atoms with E-state index in [0.717, 1.165) is 4.48 Å². The molecular weight excluding hydrogens is 195 g/mol. The van der Waals surface area contributed by atoms with Gasteiger partial charge in [0.25, 0.3) is 0 Å². The fourth-order valence-electron chi connectivity index (χ4n) is 0. The molecule has 4 heteroatoms. The lowest BCUT2D eigenvalue weighted by molar-refractivity contribution is -0.868. The van der Waals surface area contributed by atoms with Crippen molar-refractivity contribution in [1.29, 1.82) is 0 Å². The smallest absolute Gasteiger partial charge is 0.0751 e. The third-order valence-electron chi connectivity index (χ3n) is 0.949. The minimum absolute atomic E-state index is 0.